The van der Waals surface area contributed by atoms with E-state index >= 15 is 0 Å². The fourth-order valence-corrected chi connectivity index (χ4v) is 5.18. The average Bonchev–Trinajstić information content (AvgIpc) is 3.53. The van der Waals surface area contributed by atoms with Gasteiger partial charge in [0.05, 0.1) is 10.9 Å². The van der Waals surface area contributed by atoms with E-state index in [4.69, 9.17) is 16.1 Å². The van der Waals surface area contributed by atoms with E-state index in [1.54, 1.807) is 11.3 Å². The van der Waals surface area contributed by atoms with E-state index in [-0.39, 0.29) is 6.04 Å². The van der Waals surface area contributed by atoms with Crippen LogP contribution in [0, 0.1) is 0 Å². The molecule has 4 nitrogen and oxygen atoms in total. The molecule has 4 aromatic rings. The molecule has 5 rings (SSSR count). The Balaban J connectivity index is 1.21. The topological polar surface area (TPSA) is 32.5 Å². The van der Waals surface area contributed by atoms with Gasteiger partial charge >= 0.3 is 0 Å². The van der Waals surface area contributed by atoms with Crippen molar-refractivity contribution in [2.45, 2.75) is 12.5 Å². The Labute approximate surface area is 198 Å². The van der Waals surface area contributed by atoms with Gasteiger partial charge in [-0.3, -0.25) is 4.90 Å². The number of thiophene rings is 1. The maximum absolute atomic E-state index is 6.15. The van der Waals surface area contributed by atoms with Gasteiger partial charge in [-0.15, -0.1) is 11.3 Å². The molecule has 1 unspecified atom stereocenters. The van der Waals surface area contributed by atoms with Gasteiger partial charge in [0.15, 0.2) is 0 Å². The van der Waals surface area contributed by atoms with Crippen molar-refractivity contribution in [2.75, 3.05) is 32.7 Å². The molecule has 0 radical (unpaired) electrons. The summed E-state index contributed by atoms with van der Waals surface area (Å²) in [4.78, 5) is 6.26. The molecule has 0 amide bonds. The van der Waals surface area contributed by atoms with Crippen molar-refractivity contribution in [2.24, 2.45) is 0 Å². The van der Waals surface area contributed by atoms with E-state index in [1.165, 1.54) is 11.1 Å². The van der Waals surface area contributed by atoms with E-state index in [9.17, 15) is 0 Å². The van der Waals surface area contributed by atoms with Crippen LogP contribution < -0.4 is 0 Å². The number of hydrogen-bond donors (Lipinski definition) is 0. The summed E-state index contributed by atoms with van der Waals surface area (Å²) in [6.07, 6.45) is 0.887. The van der Waals surface area contributed by atoms with Crippen molar-refractivity contribution >= 4 is 22.9 Å². The highest BCUT2D eigenvalue weighted by atomic mass is 35.5. The second kappa shape index (κ2) is 10.0. The summed E-state index contributed by atoms with van der Waals surface area (Å²) in [5, 5.41) is 7.07. The summed E-state index contributed by atoms with van der Waals surface area (Å²) < 4.78 is 5.57. The molecule has 1 aliphatic rings. The number of hydrogen-bond acceptors (Lipinski definition) is 5. The Kier molecular flexibility index (Phi) is 6.69. The minimum absolute atomic E-state index is 0.248. The van der Waals surface area contributed by atoms with Gasteiger partial charge in [0.1, 0.15) is 11.5 Å². The Morgan fingerprint density at radius 3 is 2.38 bits per heavy atom. The molecule has 1 aliphatic heterocycles. The van der Waals surface area contributed by atoms with Crippen LogP contribution in [0.15, 0.2) is 82.7 Å². The monoisotopic (exact) mass is 463 g/mol. The van der Waals surface area contributed by atoms with Gasteiger partial charge in [-0.2, -0.15) is 0 Å². The maximum atomic E-state index is 6.15. The minimum atomic E-state index is 0.248. The number of piperazine rings is 1. The van der Waals surface area contributed by atoms with Crippen LogP contribution in [0.25, 0.3) is 10.6 Å². The second-order valence-corrected chi connectivity index (χ2v) is 9.53. The molecule has 0 aliphatic carbocycles. The largest absolute Gasteiger partial charge is 0.361 e. The zero-order chi connectivity index (χ0) is 21.8. The molecule has 1 fully saturated rings. The Morgan fingerprint density at radius 1 is 0.906 bits per heavy atom. The Bertz CT molecular complexity index is 1100. The number of aromatic nitrogens is 1. The number of nitrogens with zero attached hydrogens (tertiary/aromatic N) is 3. The average molecular weight is 464 g/mol. The van der Waals surface area contributed by atoms with Crippen molar-refractivity contribution in [3.8, 4) is 10.6 Å². The molecule has 6 heteroatoms. The zero-order valence-corrected chi connectivity index (χ0v) is 19.4. The molecule has 2 aromatic carbocycles. The molecule has 0 spiro atoms. The van der Waals surface area contributed by atoms with E-state index in [0.717, 1.165) is 60.5 Å². The molecule has 1 saturated heterocycles. The lowest BCUT2D eigenvalue weighted by atomic mass is 9.96. The van der Waals surface area contributed by atoms with Crippen LogP contribution in [0.4, 0.5) is 0 Å². The van der Waals surface area contributed by atoms with Crippen LogP contribution in [-0.4, -0.2) is 47.7 Å². The first-order valence-electron chi connectivity index (χ1n) is 11.0. The summed E-state index contributed by atoms with van der Waals surface area (Å²) in [6.45, 7) is 5.13. The SMILES string of the molecule is Clc1ccc(C(c2ccccc2)N2CCN(CCc3cc(-c4cccs4)no3)CC2)cc1. The summed E-state index contributed by atoms with van der Waals surface area (Å²) in [5.41, 5.74) is 3.55. The van der Waals surface area contributed by atoms with Crippen LogP contribution in [0.1, 0.15) is 22.9 Å². The third-order valence-corrected chi connectivity index (χ3v) is 7.22. The molecule has 164 valence electrons. The highest BCUT2D eigenvalue weighted by Gasteiger charge is 2.26. The number of halogens is 1. The van der Waals surface area contributed by atoms with Crippen LogP contribution >= 0.6 is 22.9 Å². The van der Waals surface area contributed by atoms with E-state index < -0.39 is 0 Å². The van der Waals surface area contributed by atoms with Crippen LogP contribution in [0.5, 0.6) is 0 Å². The van der Waals surface area contributed by atoms with Gasteiger partial charge in [-0.05, 0) is 34.7 Å². The Morgan fingerprint density at radius 2 is 1.66 bits per heavy atom. The van der Waals surface area contributed by atoms with Gasteiger partial charge in [-0.25, -0.2) is 0 Å². The quantitative estimate of drug-likeness (QED) is 0.336. The van der Waals surface area contributed by atoms with Crippen LogP contribution in [0.2, 0.25) is 5.02 Å². The minimum Gasteiger partial charge on any atom is -0.361 e. The fourth-order valence-electron chi connectivity index (χ4n) is 4.38. The molecular weight excluding hydrogens is 438 g/mol. The lowest BCUT2D eigenvalue weighted by molar-refractivity contribution is 0.109. The second-order valence-electron chi connectivity index (χ2n) is 8.15. The third kappa shape index (κ3) is 4.97. The molecule has 0 bridgehead atoms. The third-order valence-electron chi connectivity index (χ3n) is 6.08. The van der Waals surface area contributed by atoms with Crippen LogP contribution in [0.3, 0.4) is 0 Å². The standard InChI is InChI=1S/C26H26ClN3OS/c27-22-10-8-21(9-11-22)26(20-5-2-1-3-6-20)30-16-14-29(15-17-30)13-12-23-19-24(28-31-23)25-7-4-18-32-25/h1-11,18-19,26H,12-17H2. The van der Waals surface area contributed by atoms with Crippen LogP contribution in [-0.2, 0) is 6.42 Å². The van der Waals surface area contributed by atoms with E-state index in [0.29, 0.717) is 0 Å². The molecule has 32 heavy (non-hydrogen) atoms. The number of rotatable bonds is 7. The summed E-state index contributed by atoms with van der Waals surface area (Å²) in [6, 6.07) is 25.5. The van der Waals surface area contributed by atoms with Crippen molar-refractivity contribution in [1.29, 1.82) is 0 Å². The van der Waals surface area contributed by atoms with Gasteiger partial charge < -0.3 is 9.42 Å². The summed E-state index contributed by atoms with van der Waals surface area (Å²) in [7, 11) is 0. The predicted molar refractivity (Wildman–Crippen MR) is 131 cm³/mol. The molecular formula is C26H26ClN3OS. The zero-order valence-electron chi connectivity index (χ0n) is 17.9. The normalized spacial score (nSPS) is 16.3. The summed E-state index contributed by atoms with van der Waals surface area (Å²) in [5.74, 6) is 0.958. The maximum Gasteiger partial charge on any atom is 0.138 e. The van der Waals surface area contributed by atoms with Gasteiger partial charge in [0, 0.05) is 50.2 Å². The van der Waals surface area contributed by atoms with E-state index in [1.807, 2.05) is 18.2 Å². The lowest BCUT2D eigenvalue weighted by Crippen LogP contribution is -2.48. The first-order valence-corrected chi connectivity index (χ1v) is 12.3. The molecule has 1 atom stereocenters. The molecule has 2 aromatic heterocycles. The van der Waals surface area contributed by atoms with Crippen molar-refractivity contribution < 1.29 is 4.52 Å². The predicted octanol–water partition coefficient (Wildman–Crippen LogP) is 6.01. The van der Waals surface area contributed by atoms with Crippen molar-refractivity contribution in [3.05, 3.63) is 100 Å². The van der Waals surface area contributed by atoms with E-state index in [2.05, 4.69) is 74.9 Å². The molecule has 0 saturated carbocycles. The first-order chi connectivity index (χ1) is 15.8. The smallest absolute Gasteiger partial charge is 0.138 e. The molecule has 0 N–H and O–H groups in total. The molecule has 3 heterocycles. The summed E-state index contributed by atoms with van der Waals surface area (Å²) >= 11 is 7.84. The first kappa shape index (κ1) is 21.4. The highest BCUT2D eigenvalue weighted by molar-refractivity contribution is 7.13. The van der Waals surface area contributed by atoms with Crippen molar-refractivity contribution in [3.63, 3.8) is 0 Å². The van der Waals surface area contributed by atoms with Crippen molar-refractivity contribution in [1.82, 2.24) is 15.0 Å². The lowest BCUT2D eigenvalue weighted by Gasteiger charge is -2.39. The number of benzene rings is 2. The fraction of sp³-hybridized carbons (Fsp3) is 0.269. The Hall–Kier alpha value is -2.44. The van der Waals surface area contributed by atoms with Gasteiger partial charge in [-0.1, -0.05) is 65.3 Å². The van der Waals surface area contributed by atoms with Gasteiger partial charge in [0.25, 0.3) is 0 Å². The van der Waals surface area contributed by atoms with Gasteiger partial charge in [0.2, 0.25) is 0 Å². The highest BCUT2D eigenvalue weighted by Crippen LogP contribution is 2.30.